The Hall–Kier alpha value is -2.14. The normalized spacial score (nSPS) is 33.7. The molecule has 0 aromatic carbocycles. The number of aliphatic hydroxyl groups is 1. The first-order chi connectivity index (χ1) is 12.6. The summed E-state index contributed by atoms with van der Waals surface area (Å²) in [6.45, 7) is 8.86. The number of ether oxygens (including phenoxy) is 1. The molecule has 27 heavy (non-hydrogen) atoms. The third kappa shape index (κ3) is 3.41. The van der Waals surface area contributed by atoms with Gasteiger partial charge in [0.05, 0.1) is 17.3 Å². The second kappa shape index (κ2) is 6.79. The Kier molecular flexibility index (Phi) is 4.93. The van der Waals surface area contributed by atoms with Gasteiger partial charge in [-0.2, -0.15) is 0 Å². The van der Waals surface area contributed by atoms with Crippen molar-refractivity contribution in [1.29, 1.82) is 0 Å². The Balaban J connectivity index is 2.20. The summed E-state index contributed by atoms with van der Waals surface area (Å²) in [7, 11) is 0. The minimum atomic E-state index is -1.21. The lowest BCUT2D eigenvalue weighted by Gasteiger charge is -2.49. The number of rotatable bonds is 1. The van der Waals surface area contributed by atoms with Crippen LogP contribution in [-0.4, -0.2) is 28.6 Å². The second-order valence-electron chi connectivity index (χ2n) is 8.34. The van der Waals surface area contributed by atoms with Gasteiger partial charge in [-0.05, 0) is 57.4 Å². The Labute approximate surface area is 160 Å². The number of aryl methyl sites for hydroxylation is 1. The van der Waals surface area contributed by atoms with E-state index in [-0.39, 0.29) is 5.78 Å². The Morgan fingerprint density at radius 1 is 1.33 bits per heavy atom. The number of esters is 1. The van der Waals surface area contributed by atoms with Crippen molar-refractivity contribution in [1.82, 2.24) is 0 Å². The van der Waals surface area contributed by atoms with Crippen LogP contribution < -0.4 is 0 Å². The van der Waals surface area contributed by atoms with E-state index in [1.165, 1.54) is 13.0 Å². The summed E-state index contributed by atoms with van der Waals surface area (Å²) in [5.41, 5.74) is 0.864. The van der Waals surface area contributed by atoms with E-state index in [9.17, 15) is 14.7 Å². The monoisotopic (exact) mass is 372 g/mol. The number of fused-ring (bicyclic) bond motifs is 2. The highest BCUT2D eigenvalue weighted by molar-refractivity contribution is 5.97. The first-order valence-corrected chi connectivity index (χ1v) is 9.40. The zero-order valence-electron chi connectivity index (χ0n) is 16.7. The van der Waals surface area contributed by atoms with E-state index in [0.29, 0.717) is 19.3 Å². The summed E-state index contributed by atoms with van der Waals surface area (Å²) < 4.78 is 11.4. The number of carbonyl (C=O) groups is 2. The molecule has 0 saturated carbocycles. The quantitative estimate of drug-likeness (QED) is 0.603. The number of furan rings is 1. The van der Waals surface area contributed by atoms with Crippen molar-refractivity contribution >= 4 is 11.8 Å². The third-order valence-corrected chi connectivity index (χ3v) is 6.23. The van der Waals surface area contributed by atoms with Crippen LogP contribution in [0.3, 0.4) is 0 Å². The van der Waals surface area contributed by atoms with Gasteiger partial charge in [0, 0.05) is 25.7 Å². The highest BCUT2D eigenvalue weighted by Crippen LogP contribution is 2.48. The van der Waals surface area contributed by atoms with Crippen molar-refractivity contribution in [3.8, 4) is 0 Å². The lowest BCUT2D eigenvalue weighted by atomic mass is 9.58. The molecule has 1 N–H and O–H groups in total. The van der Waals surface area contributed by atoms with E-state index < -0.39 is 29.0 Å². The molecule has 0 amide bonds. The van der Waals surface area contributed by atoms with Gasteiger partial charge in [0.1, 0.15) is 11.9 Å². The SMILES string of the molecule is CC(=O)OC1CC=C(C)Cc2occ(C)c2CC2C(C)(O)C=CC(=O)C12C. The van der Waals surface area contributed by atoms with Crippen LogP contribution in [0.1, 0.15) is 51.0 Å². The zero-order chi connectivity index (χ0) is 20.0. The Bertz CT molecular complexity index is 826. The Morgan fingerprint density at radius 3 is 2.70 bits per heavy atom. The summed E-state index contributed by atoms with van der Waals surface area (Å²) >= 11 is 0. The minimum Gasteiger partial charge on any atom is -0.468 e. The van der Waals surface area contributed by atoms with Gasteiger partial charge in [0.2, 0.25) is 0 Å². The summed E-state index contributed by atoms with van der Waals surface area (Å²) in [6, 6.07) is 0. The summed E-state index contributed by atoms with van der Waals surface area (Å²) in [6.07, 6.45) is 7.63. The molecule has 0 aliphatic heterocycles. The highest BCUT2D eigenvalue weighted by atomic mass is 16.5. The molecule has 0 fully saturated rings. The number of hydrogen-bond donors (Lipinski definition) is 1. The molecule has 3 rings (SSSR count). The predicted molar refractivity (Wildman–Crippen MR) is 101 cm³/mol. The van der Waals surface area contributed by atoms with Crippen molar-refractivity contribution in [2.45, 2.75) is 65.6 Å². The summed E-state index contributed by atoms with van der Waals surface area (Å²) in [5.74, 6) is -0.133. The average Bonchev–Trinajstić information content (AvgIpc) is 2.91. The van der Waals surface area contributed by atoms with Crippen LogP contribution in [-0.2, 0) is 27.2 Å². The first-order valence-electron chi connectivity index (χ1n) is 9.40. The summed E-state index contributed by atoms with van der Waals surface area (Å²) in [5, 5.41) is 11.2. The van der Waals surface area contributed by atoms with Gasteiger partial charge in [0.25, 0.3) is 0 Å². The smallest absolute Gasteiger partial charge is 0.302 e. The van der Waals surface area contributed by atoms with Gasteiger partial charge in [-0.25, -0.2) is 0 Å². The van der Waals surface area contributed by atoms with E-state index in [1.54, 1.807) is 19.3 Å². The van der Waals surface area contributed by atoms with E-state index in [4.69, 9.17) is 9.15 Å². The highest BCUT2D eigenvalue weighted by Gasteiger charge is 2.56. The van der Waals surface area contributed by atoms with E-state index in [1.807, 2.05) is 26.8 Å². The molecule has 2 aliphatic rings. The van der Waals surface area contributed by atoms with E-state index in [0.717, 1.165) is 22.5 Å². The Morgan fingerprint density at radius 2 is 2.04 bits per heavy atom. The molecule has 2 aliphatic carbocycles. The van der Waals surface area contributed by atoms with Crippen molar-refractivity contribution < 1.29 is 23.8 Å². The van der Waals surface area contributed by atoms with Crippen LogP contribution in [0.4, 0.5) is 0 Å². The third-order valence-electron chi connectivity index (χ3n) is 6.23. The average molecular weight is 372 g/mol. The molecule has 4 atom stereocenters. The maximum atomic E-state index is 13.1. The fraction of sp³-hybridized carbons (Fsp3) is 0.545. The molecule has 146 valence electrons. The molecule has 0 radical (unpaired) electrons. The molecule has 1 heterocycles. The lowest BCUT2D eigenvalue weighted by molar-refractivity contribution is -0.167. The van der Waals surface area contributed by atoms with Gasteiger partial charge < -0.3 is 14.3 Å². The number of hydrogen-bond acceptors (Lipinski definition) is 5. The maximum Gasteiger partial charge on any atom is 0.302 e. The summed E-state index contributed by atoms with van der Waals surface area (Å²) in [4.78, 5) is 24.9. The molecule has 0 bridgehead atoms. The molecular formula is C22H28O5. The van der Waals surface area contributed by atoms with Crippen molar-refractivity contribution in [2.24, 2.45) is 11.3 Å². The molecule has 0 saturated heterocycles. The van der Waals surface area contributed by atoms with Gasteiger partial charge in [-0.3, -0.25) is 9.59 Å². The van der Waals surface area contributed by atoms with Crippen LogP contribution in [0.5, 0.6) is 0 Å². The van der Waals surface area contributed by atoms with Crippen LogP contribution in [0.15, 0.2) is 34.5 Å². The predicted octanol–water partition coefficient (Wildman–Crippen LogP) is 3.47. The lowest BCUT2D eigenvalue weighted by Crippen LogP contribution is -2.57. The topological polar surface area (TPSA) is 76.7 Å². The minimum absolute atomic E-state index is 0.125. The van der Waals surface area contributed by atoms with Crippen LogP contribution in [0.25, 0.3) is 0 Å². The van der Waals surface area contributed by atoms with Gasteiger partial charge in [-0.1, -0.05) is 11.6 Å². The van der Waals surface area contributed by atoms with Gasteiger partial charge in [-0.15, -0.1) is 0 Å². The molecule has 4 unspecified atom stereocenters. The van der Waals surface area contributed by atoms with Crippen LogP contribution in [0.2, 0.25) is 0 Å². The second-order valence-corrected chi connectivity index (χ2v) is 8.34. The van der Waals surface area contributed by atoms with E-state index >= 15 is 0 Å². The number of allylic oxidation sites excluding steroid dienone is 2. The molecule has 5 heteroatoms. The van der Waals surface area contributed by atoms with Crippen molar-refractivity contribution in [3.63, 3.8) is 0 Å². The molecule has 5 nitrogen and oxygen atoms in total. The van der Waals surface area contributed by atoms with Crippen molar-refractivity contribution in [3.05, 3.63) is 47.0 Å². The van der Waals surface area contributed by atoms with Crippen molar-refractivity contribution in [2.75, 3.05) is 0 Å². The molecule has 0 spiro atoms. The zero-order valence-corrected chi connectivity index (χ0v) is 16.7. The maximum absolute atomic E-state index is 13.1. The molecular weight excluding hydrogens is 344 g/mol. The largest absolute Gasteiger partial charge is 0.468 e. The van der Waals surface area contributed by atoms with Gasteiger partial charge in [0.15, 0.2) is 5.78 Å². The van der Waals surface area contributed by atoms with Crippen LogP contribution in [0, 0.1) is 18.3 Å². The molecule has 1 aromatic rings. The standard InChI is InChI=1S/C22H28O5/c1-13-6-7-20(27-15(3)23)22(5)18(21(4,25)9-8-19(22)24)11-16-14(2)12-26-17(16)10-13/h6,8-9,12,18,20,25H,7,10-11H2,1-5H3. The molecule has 1 aromatic heterocycles. The fourth-order valence-electron chi connectivity index (χ4n) is 4.52. The van der Waals surface area contributed by atoms with E-state index in [2.05, 4.69) is 0 Å². The number of ketones is 1. The number of carbonyl (C=O) groups excluding carboxylic acids is 2. The first kappa shape index (κ1) is 19.6. The fourth-order valence-corrected chi connectivity index (χ4v) is 4.52. The van der Waals surface area contributed by atoms with Gasteiger partial charge >= 0.3 is 5.97 Å². The van der Waals surface area contributed by atoms with Crippen LogP contribution >= 0.6 is 0 Å².